The third-order valence-corrected chi connectivity index (χ3v) is 7.53. The highest BCUT2D eigenvalue weighted by molar-refractivity contribution is 8.93. The summed E-state index contributed by atoms with van der Waals surface area (Å²) in [6.07, 6.45) is 0. The topological polar surface area (TPSA) is 122 Å². The molecule has 0 saturated carbocycles. The molecule has 0 spiro atoms. The Morgan fingerprint density at radius 1 is 1.00 bits per heavy atom. The van der Waals surface area contributed by atoms with Crippen LogP contribution in [0.1, 0.15) is 27.9 Å². The van der Waals surface area contributed by atoms with Crippen LogP contribution in [-0.4, -0.2) is 45.9 Å². The summed E-state index contributed by atoms with van der Waals surface area (Å²) in [6.45, 7) is 0.385. The van der Waals surface area contributed by atoms with E-state index in [0.717, 1.165) is 16.7 Å². The van der Waals surface area contributed by atoms with Gasteiger partial charge in [0, 0.05) is 17.1 Å². The molecular weight excluding hydrogens is 528 g/mol. The van der Waals surface area contributed by atoms with Crippen molar-refractivity contribution in [3.8, 4) is 28.7 Å². The van der Waals surface area contributed by atoms with Crippen molar-refractivity contribution in [3.05, 3.63) is 41.0 Å². The van der Waals surface area contributed by atoms with E-state index >= 15 is 0 Å². The molecule has 1 aliphatic carbocycles. The molecule has 1 fully saturated rings. The van der Waals surface area contributed by atoms with Gasteiger partial charge in [-0.1, -0.05) is 11.8 Å². The smallest absolute Gasteiger partial charge is 0.310 e. The van der Waals surface area contributed by atoms with Gasteiger partial charge in [0.2, 0.25) is 12.5 Å². The number of fused-ring (bicyclic) bond motifs is 3. The van der Waals surface area contributed by atoms with Crippen LogP contribution in [-0.2, 0) is 9.53 Å². The van der Waals surface area contributed by atoms with Crippen LogP contribution in [0.25, 0.3) is 0 Å². The average molecular weight is 553 g/mol. The number of esters is 1. The highest BCUT2D eigenvalue weighted by Crippen LogP contribution is 2.58. The molecule has 2 aromatic rings. The van der Waals surface area contributed by atoms with E-state index in [1.165, 1.54) is 11.8 Å². The van der Waals surface area contributed by atoms with E-state index in [-0.39, 0.29) is 58.6 Å². The number of benzene rings is 2. The highest BCUT2D eigenvalue weighted by Gasteiger charge is 2.53. The SMILES string of the molecule is Br.COc1cc([C@H]2c3cc4c(cc3[C@@H](SC(=N)N)[C@@H]3COC(=O)[C@@H]23)OCO4)cc(OC)c1OC. The number of carbonyl (C=O) groups excluding carboxylic acids is 1. The Hall–Kier alpha value is -2.79. The Kier molecular flexibility index (Phi) is 6.77. The number of ether oxygens (including phenoxy) is 6. The van der Waals surface area contributed by atoms with E-state index < -0.39 is 5.92 Å². The first kappa shape index (κ1) is 24.3. The number of hydrogen-bond acceptors (Lipinski definition) is 9. The second-order valence-corrected chi connectivity index (χ2v) is 9.18. The minimum Gasteiger partial charge on any atom is -0.493 e. The summed E-state index contributed by atoms with van der Waals surface area (Å²) in [5, 5.41) is 7.65. The molecule has 4 atom stereocenters. The molecule has 3 aliphatic rings. The maximum absolute atomic E-state index is 13.0. The second-order valence-electron chi connectivity index (χ2n) is 7.99. The van der Waals surface area contributed by atoms with Crippen LogP contribution in [0, 0.1) is 17.2 Å². The normalized spacial score (nSPS) is 23.8. The molecule has 182 valence electrons. The number of cyclic esters (lactones) is 1. The highest BCUT2D eigenvalue weighted by atomic mass is 79.9. The van der Waals surface area contributed by atoms with Crippen molar-refractivity contribution in [2.24, 2.45) is 17.6 Å². The summed E-state index contributed by atoms with van der Waals surface area (Å²) in [4.78, 5) is 13.0. The average Bonchev–Trinajstić information content (AvgIpc) is 3.43. The van der Waals surface area contributed by atoms with Crippen LogP contribution in [0.5, 0.6) is 28.7 Å². The van der Waals surface area contributed by atoms with Gasteiger partial charge in [0.15, 0.2) is 28.2 Å². The Morgan fingerprint density at radius 3 is 2.18 bits per heavy atom. The van der Waals surface area contributed by atoms with E-state index in [0.29, 0.717) is 28.7 Å². The molecule has 1 saturated heterocycles. The van der Waals surface area contributed by atoms with Crippen molar-refractivity contribution < 1.29 is 33.2 Å². The van der Waals surface area contributed by atoms with Gasteiger partial charge in [0.1, 0.15) is 0 Å². The maximum atomic E-state index is 13.0. The van der Waals surface area contributed by atoms with Gasteiger partial charge in [-0.05, 0) is 41.0 Å². The molecule has 9 nitrogen and oxygen atoms in total. The van der Waals surface area contributed by atoms with Crippen molar-refractivity contribution in [1.82, 2.24) is 0 Å². The number of rotatable bonds is 5. The van der Waals surface area contributed by atoms with E-state index in [4.69, 9.17) is 39.6 Å². The quantitative estimate of drug-likeness (QED) is 0.325. The Morgan fingerprint density at radius 2 is 1.62 bits per heavy atom. The predicted molar refractivity (Wildman–Crippen MR) is 131 cm³/mol. The number of carbonyl (C=O) groups is 1. The first-order valence-corrected chi connectivity index (χ1v) is 11.3. The van der Waals surface area contributed by atoms with Crippen LogP contribution in [0.3, 0.4) is 0 Å². The van der Waals surface area contributed by atoms with Crippen LogP contribution in [0.2, 0.25) is 0 Å². The van der Waals surface area contributed by atoms with Gasteiger partial charge in [-0.3, -0.25) is 10.2 Å². The summed E-state index contributed by atoms with van der Waals surface area (Å²) in [7, 11) is 4.66. The van der Waals surface area contributed by atoms with Crippen molar-refractivity contribution in [2.75, 3.05) is 34.7 Å². The van der Waals surface area contributed by atoms with Crippen LogP contribution >= 0.6 is 28.7 Å². The van der Waals surface area contributed by atoms with Gasteiger partial charge in [-0.25, -0.2) is 0 Å². The first-order valence-electron chi connectivity index (χ1n) is 10.4. The number of nitrogens with one attached hydrogen (secondary N) is 1. The molecule has 2 aliphatic heterocycles. The zero-order chi connectivity index (χ0) is 23.3. The third-order valence-electron chi connectivity index (χ3n) is 6.42. The second kappa shape index (κ2) is 9.46. The lowest BCUT2D eigenvalue weighted by Crippen LogP contribution is -2.34. The molecule has 0 aromatic heterocycles. The Labute approximate surface area is 211 Å². The number of amidine groups is 1. The fourth-order valence-corrected chi connectivity index (χ4v) is 6.11. The van der Waals surface area contributed by atoms with E-state index in [9.17, 15) is 4.79 Å². The summed E-state index contributed by atoms with van der Waals surface area (Å²) in [6, 6.07) is 7.58. The summed E-state index contributed by atoms with van der Waals surface area (Å²) in [5.41, 5.74) is 8.44. The van der Waals surface area contributed by atoms with Crippen LogP contribution < -0.4 is 29.4 Å². The molecule has 0 unspecified atom stereocenters. The number of thioether (sulfide) groups is 1. The molecule has 2 heterocycles. The molecule has 3 N–H and O–H groups in total. The summed E-state index contributed by atoms with van der Waals surface area (Å²) < 4.78 is 33.4. The predicted octanol–water partition coefficient (Wildman–Crippen LogP) is 3.62. The number of nitrogens with two attached hydrogens (primary N) is 1. The van der Waals surface area contributed by atoms with E-state index in [2.05, 4.69) is 0 Å². The summed E-state index contributed by atoms with van der Waals surface area (Å²) in [5.74, 6) is 1.43. The lowest BCUT2D eigenvalue weighted by Gasteiger charge is -2.38. The zero-order valence-corrected chi connectivity index (χ0v) is 21.3. The van der Waals surface area contributed by atoms with Crippen LogP contribution in [0.4, 0.5) is 0 Å². The molecule has 0 amide bonds. The molecular formula is C23H25BrN2O7S. The van der Waals surface area contributed by atoms with E-state index in [1.807, 2.05) is 24.3 Å². The molecule has 0 bridgehead atoms. The molecule has 0 radical (unpaired) electrons. The standard InChI is InChI=1S/C23H24N2O7S.BrH/c1-27-16-4-10(5-17(28-2)20(16)29-3)18-11-6-14-15(32-9-31-14)7-12(11)21(33-23(24)25)13-8-30-22(26)19(13)18;/h4-7,13,18-19,21H,8-9H2,1-3H3,(H3,24,25);1H/t13-,18+,19-,21-;/m1./s1. The first-order chi connectivity index (χ1) is 16.0. The van der Waals surface area contributed by atoms with Crippen molar-refractivity contribution in [3.63, 3.8) is 0 Å². The number of methoxy groups -OCH3 is 3. The van der Waals surface area contributed by atoms with Gasteiger partial charge in [-0.15, -0.1) is 17.0 Å². The largest absolute Gasteiger partial charge is 0.493 e. The van der Waals surface area contributed by atoms with Gasteiger partial charge < -0.3 is 34.2 Å². The van der Waals surface area contributed by atoms with Crippen LogP contribution in [0.15, 0.2) is 24.3 Å². The fraction of sp³-hybridized carbons (Fsp3) is 0.391. The minimum atomic E-state index is -0.475. The lowest BCUT2D eigenvalue weighted by atomic mass is 9.67. The fourth-order valence-electron chi connectivity index (χ4n) is 5.08. The maximum Gasteiger partial charge on any atom is 0.310 e. The van der Waals surface area contributed by atoms with Crippen molar-refractivity contribution in [2.45, 2.75) is 11.2 Å². The Bertz CT molecular complexity index is 1120. The zero-order valence-electron chi connectivity index (χ0n) is 18.8. The summed E-state index contributed by atoms with van der Waals surface area (Å²) >= 11 is 1.22. The van der Waals surface area contributed by atoms with Gasteiger partial charge in [0.05, 0.1) is 33.9 Å². The number of halogens is 1. The number of hydrogen-bond donors (Lipinski definition) is 2. The van der Waals surface area contributed by atoms with Gasteiger partial charge >= 0.3 is 5.97 Å². The monoisotopic (exact) mass is 552 g/mol. The lowest BCUT2D eigenvalue weighted by molar-refractivity contribution is -0.141. The van der Waals surface area contributed by atoms with Crippen molar-refractivity contribution in [1.29, 1.82) is 5.41 Å². The molecule has 5 rings (SSSR count). The van der Waals surface area contributed by atoms with E-state index in [1.54, 1.807) is 21.3 Å². The third kappa shape index (κ3) is 3.80. The van der Waals surface area contributed by atoms with Gasteiger partial charge in [0.25, 0.3) is 0 Å². The minimum absolute atomic E-state index is 0. The Balaban J connectivity index is 0.00000274. The molecule has 11 heteroatoms. The van der Waals surface area contributed by atoms with Crippen molar-refractivity contribution >= 4 is 39.9 Å². The molecule has 34 heavy (non-hydrogen) atoms. The van der Waals surface area contributed by atoms with Gasteiger partial charge in [-0.2, -0.15) is 0 Å². The molecule has 2 aromatic carbocycles.